The van der Waals surface area contributed by atoms with Gasteiger partial charge in [0.2, 0.25) is 0 Å². The number of aromatic amines is 1. The number of anilines is 1. The first-order valence-electron chi connectivity index (χ1n) is 7.84. The smallest absolute Gasteiger partial charge is 0.112 e. The van der Waals surface area contributed by atoms with E-state index in [1.165, 1.54) is 0 Å². The van der Waals surface area contributed by atoms with Crippen LogP contribution in [0.25, 0.3) is 11.0 Å². The van der Waals surface area contributed by atoms with Crippen molar-refractivity contribution in [3.8, 4) is 0 Å². The fourth-order valence-corrected chi connectivity index (χ4v) is 2.69. The summed E-state index contributed by atoms with van der Waals surface area (Å²) >= 11 is 0. The highest BCUT2D eigenvalue weighted by Gasteiger charge is 2.18. The summed E-state index contributed by atoms with van der Waals surface area (Å²) in [5, 5.41) is 3.55. The van der Waals surface area contributed by atoms with E-state index in [0.29, 0.717) is 0 Å². The molecular formula is C17H25N3O. The van der Waals surface area contributed by atoms with E-state index in [2.05, 4.69) is 54.3 Å². The number of hydrogen-bond acceptors (Lipinski definition) is 3. The Labute approximate surface area is 126 Å². The van der Waals surface area contributed by atoms with Gasteiger partial charge in [-0.05, 0) is 37.0 Å². The van der Waals surface area contributed by atoms with Gasteiger partial charge in [0.25, 0.3) is 0 Å². The second-order valence-electron chi connectivity index (χ2n) is 7.00. The Balaban J connectivity index is 1.71. The van der Waals surface area contributed by atoms with Crippen LogP contribution in [0.5, 0.6) is 0 Å². The molecule has 2 aromatic rings. The van der Waals surface area contributed by atoms with Crippen molar-refractivity contribution < 1.29 is 4.74 Å². The van der Waals surface area contributed by atoms with E-state index in [-0.39, 0.29) is 5.41 Å². The Hall–Kier alpha value is -1.55. The maximum absolute atomic E-state index is 5.40. The van der Waals surface area contributed by atoms with Crippen molar-refractivity contribution in [2.75, 3.05) is 25.1 Å². The van der Waals surface area contributed by atoms with E-state index >= 15 is 0 Å². The second kappa shape index (κ2) is 5.68. The lowest BCUT2D eigenvalue weighted by Crippen LogP contribution is -2.22. The summed E-state index contributed by atoms with van der Waals surface area (Å²) in [6.45, 7) is 9.36. The third-order valence-corrected chi connectivity index (χ3v) is 4.13. The fraction of sp³-hybridized carbons (Fsp3) is 0.588. The third-order valence-electron chi connectivity index (χ3n) is 4.13. The molecule has 4 nitrogen and oxygen atoms in total. The molecule has 0 amide bonds. The zero-order valence-electron chi connectivity index (χ0n) is 13.2. The Morgan fingerprint density at radius 1 is 1.29 bits per heavy atom. The summed E-state index contributed by atoms with van der Waals surface area (Å²) < 4.78 is 5.40. The minimum atomic E-state index is 0.0503. The lowest BCUT2D eigenvalue weighted by atomic mass is 9.96. The topological polar surface area (TPSA) is 49.9 Å². The third kappa shape index (κ3) is 3.38. The summed E-state index contributed by atoms with van der Waals surface area (Å²) in [5.41, 5.74) is 3.36. The van der Waals surface area contributed by atoms with Crippen molar-refractivity contribution in [1.82, 2.24) is 9.97 Å². The number of hydrogen-bond donors (Lipinski definition) is 2. The average Bonchev–Trinajstić information content (AvgIpc) is 2.89. The molecule has 0 radical (unpaired) electrons. The molecule has 0 bridgehead atoms. The van der Waals surface area contributed by atoms with Crippen molar-refractivity contribution in [1.29, 1.82) is 0 Å². The molecule has 0 aliphatic carbocycles. The van der Waals surface area contributed by atoms with E-state index in [0.717, 1.165) is 61.1 Å². The lowest BCUT2D eigenvalue weighted by Gasteiger charge is -2.22. The summed E-state index contributed by atoms with van der Waals surface area (Å²) in [7, 11) is 0. The van der Waals surface area contributed by atoms with Crippen LogP contribution in [0, 0.1) is 5.92 Å². The maximum atomic E-state index is 5.40. The minimum absolute atomic E-state index is 0.0503. The zero-order valence-corrected chi connectivity index (χ0v) is 13.2. The second-order valence-corrected chi connectivity index (χ2v) is 7.00. The largest absolute Gasteiger partial charge is 0.385 e. The van der Waals surface area contributed by atoms with Crippen molar-refractivity contribution in [2.45, 2.75) is 39.0 Å². The molecule has 0 spiro atoms. The molecule has 1 aliphatic rings. The van der Waals surface area contributed by atoms with E-state index in [9.17, 15) is 0 Å². The number of rotatable bonds is 3. The normalized spacial score (nSPS) is 17.3. The van der Waals surface area contributed by atoms with Gasteiger partial charge in [-0.15, -0.1) is 0 Å². The molecule has 1 aromatic heterocycles. The van der Waals surface area contributed by atoms with Gasteiger partial charge in [0.05, 0.1) is 11.0 Å². The first-order valence-corrected chi connectivity index (χ1v) is 7.84. The highest BCUT2D eigenvalue weighted by Crippen LogP contribution is 2.24. The van der Waals surface area contributed by atoms with Gasteiger partial charge < -0.3 is 15.0 Å². The molecule has 0 unspecified atom stereocenters. The van der Waals surface area contributed by atoms with Crippen LogP contribution < -0.4 is 5.32 Å². The monoisotopic (exact) mass is 287 g/mol. The van der Waals surface area contributed by atoms with Crippen LogP contribution in [0.4, 0.5) is 5.69 Å². The van der Waals surface area contributed by atoms with Crippen molar-refractivity contribution in [2.24, 2.45) is 5.92 Å². The van der Waals surface area contributed by atoms with E-state index in [4.69, 9.17) is 4.74 Å². The van der Waals surface area contributed by atoms with Crippen LogP contribution in [-0.2, 0) is 10.2 Å². The predicted octanol–water partition coefficient (Wildman–Crippen LogP) is 3.70. The maximum Gasteiger partial charge on any atom is 0.112 e. The number of nitrogens with one attached hydrogen (secondary N) is 2. The summed E-state index contributed by atoms with van der Waals surface area (Å²) in [6, 6.07) is 6.37. The molecule has 21 heavy (non-hydrogen) atoms. The Morgan fingerprint density at radius 3 is 2.76 bits per heavy atom. The van der Waals surface area contributed by atoms with Gasteiger partial charge in [-0.2, -0.15) is 0 Å². The molecule has 114 valence electrons. The number of ether oxygens (including phenoxy) is 1. The number of fused-ring (bicyclic) bond motifs is 1. The van der Waals surface area contributed by atoms with E-state index < -0.39 is 0 Å². The highest BCUT2D eigenvalue weighted by molar-refractivity contribution is 5.79. The van der Waals surface area contributed by atoms with Gasteiger partial charge in [-0.1, -0.05) is 20.8 Å². The lowest BCUT2D eigenvalue weighted by molar-refractivity contribution is 0.0699. The van der Waals surface area contributed by atoms with Gasteiger partial charge in [0.15, 0.2) is 0 Å². The van der Waals surface area contributed by atoms with Crippen LogP contribution >= 0.6 is 0 Å². The van der Waals surface area contributed by atoms with Crippen LogP contribution in [0.1, 0.15) is 39.4 Å². The van der Waals surface area contributed by atoms with Crippen molar-refractivity contribution in [3.05, 3.63) is 24.0 Å². The highest BCUT2D eigenvalue weighted by atomic mass is 16.5. The molecule has 1 fully saturated rings. The van der Waals surface area contributed by atoms with Crippen LogP contribution in [0.2, 0.25) is 0 Å². The van der Waals surface area contributed by atoms with Gasteiger partial charge in [0, 0.05) is 30.9 Å². The van der Waals surface area contributed by atoms with Gasteiger partial charge in [0.1, 0.15) is 5.82 Å². The molecule has 1 saturated heterocycles. The molecule has 3 rings (SSSR count). The molecule has 0 saturated carbocycles. The number of H-pyrrole nitrogens is 1. The number of imidazole rings is 1. The number of aromatic nitrogens is 2. The average molecular weight is 287 g/mol. The molecular weight excluding hydrogens is 262 g/mol. The van der Waals surface area contributed by atoms with Gasteiger partial charge in [-0.25, -0.2) is 4.98 Å². The Kier molecular flexibility index (Phi) is 3.89. The number of benzene rings is 1. The Morgan fingerprint density at radius 2 is 2.05 bits per heavy atom. The van der Waals surface area contributed by atoms with Crippen molar-refractivity contribution >= 4 is 16.7 Å². The van der Waals surface area contributed by atoms with Gasteiger partial charge >= 0.3 is 0 Å². The molecule has 2 heterocycles. The molecule has 1 aromatic carbocycles. The first-order chi connectivity index (χ1) is 10.0. The summed E-state index contributed by atoms with van der Waals surface area (Å²) in [4.78, 5) is 8.12. The fourth-order valence-electron chi connectivity index (χ4n) is 2.69. The molecule has 4 heteroatoms. The minimum Gasteiger partial charge on any atom is -0.385 e. The molecule has 2 N–H and O–H groups in total. The van der Waals surface area contributed by atoms with Crippen LogP contribution in [0.15, 0.2) is 18.2 Å². The quantitative estimate of drug-likeness (QED) is 0.905. The summed E-state index contributed by atoms with van der Waals surface area (Å²) in [5.74, 6) is 1.76. The van der Waals surface area contributed by atoms with Crippen molar-refractivity contribution in [3.63, 3.8) is 0 Å². The Bertz CT molecular complexity index is 606. The van der Waals surface area contributed by atoms with Crippen LogP contribution in [0.3, 0.4) is 0 Å². The first kappa shape index (κ1) is 14.4. The standard InChI is InChI=1S/C17H25N3O/c1-17(2,3)16-19-14-5-4-13(10-15(14)20-16)18-11-12-6-8-21-9-7-12/h4-5,10,12,18H,6-9,11H2,1-3H3,(H,19,20). The molecule has 1 aliphatic heterocycles. The predicted molar refractivity (Wildman–Crippen MR) is 86.8 cm³/mol. The van der Waals surface area contributed by atoms with E-state index in [1.54, 1.807) is 0 Å². The van der Waals surface area contributed by atoms with Crippen LogP contribution in [-0.4, -0.2) is 29.7 Å². The SMILES string of the molecule is CC(C)(C)c1nc2ccc(NCC3CCOCC3)cc2[nH]1. The summed E-state index contributed by atoms with van der Waals surface area (Å²) in [6.07, 6.45) is 2.32. The van der Waals surface area contributed by atoms with E-state index in [1.807, 2.05) is 0 Å². The zero-order chi connectivity index (χ0) is 14.9. The van der Waals surface area contributed by atoms with Gasteiger partial charge in [-0.3, -0.25) is 0 Å². The molecule has 0 atom stereocenters. The number of nitrogens with zero attached hydrogens (tertiary/aromatic N) is 1.